The lowest BCUT2D eigenvalue weighted by atomic mass is 9.82. The van der Waals surface area contributed by atoms with Gasteiger partial charge in [-0.05, 0) is 39.2 Å². The third-order valence-corrected chi connectivity index (χ3v) is 5.46. The van der Waals surface area contributed by atoms with Crippen molar-refractivity contribution in [2.75, 3.05) is 7.05 Å². The van der Waals surface area contributed by atoms with E-state index < -0.39 is 0 Å². The predicted molar refractivity (Wildman–Crippen MR) is 81.4 cm³/mol. The van der Waals surface area contributed by atoms with Crippen LogP contribution in [0.15, 0.2) is 0 Å². The number of rotatable bonds is 8. The van der Waals surface area contributed by atoms with Gasteiger partial charge in [-0.2, -0.15) is 0 Å². The molecule has 0 aromatic rings. The Morgan fingerprint density at radius 1 is 0.947 bits per heavy atom. The van der Waals surface area contributed by atoms with Crippen LogP contribution in [0.4, 0.5) is 0 Å². The zero-order valence-electron chi connectivity index (χ0n) is 13.0. The maximum absolute atomic E-state index is 10.8. The Balaban J connectivity index is 1.60. The third-order valence-electron chi connectivity index (χ3n) is 5.46. The summed E-state index contributed by atoms with van der Waals surface area (Å²) in [7, 11) is 2.25. The molecule has 2 fully saturated rings. The van der Waals surface area contributed by atoms with Gasteiger partial charge in [-0.25, -0.2) is 0 Å². The average Bonchev–Trinajstić information content (AvgIpc) is 2.62. The molecular weight excluding hydrogens is 234 g/mol. The molecule has 0 spiro atoms. The highest BCUT2D eigenvalue weighted by molar-refractivity contribution is 5.00. The van der Waals surface area contributed by atoms with E-state index in [9.17, 15) is 5.11 Å². The van der Waals surface area contributed by atoms with Crippen LogP contribution in [-0.4, -0.2) is 34.7 Å². The Morgan fingerprint density at radius 2 is 1.47 bits per heavy atom. The van der Waals surface area contributed by atoms with Crippen LogP contribution in [0, 0.1) is 0 Å². The molecule has 0 radical (unpaired) electrons. The molecule has 19 heavy (non-hydrogen) atoms. The van der Waals surface area contributed by atoms with Gasteiger partial charge in [0.15, 0.2) is 0 Å². The van der Waals surface area contributed by atoms with Crippen LogP contribution in [0.5, 0.6) is 0 Å². The molecule has 2 rings (SSSR count). The maximum Gasteiger partial charge on any atom is 0.0677 e. The molecule has 2 bridgehead atoms. The molecule has 0 aromatic carbocycles. The van der Waals surface area contributed by atoms with Crippen LogP contribution in [-0.2, 0) is 0 Å². The van der Waals surface area contributed by atoms with E-state index >= 15 is 0 Å². The number of hydrogen-bond acceptors (Lipinski definition) is 2. The first kappa shape index (κ1) is 15.3. The van der Waals surface area contributed by atoms with E-state index in [1.54, 1.807) is 0 Å². The molecule has 0 aliphatic carbocycles. The van der Waals surface area contributed by atoms with Crippen molar-refractivity contribution in [3.05, 3.63) is 0 Å². The molecule has 2 heterocycles. The number of piperidine rings is 1. The second kappa shape index (κ2) is 7.08. The van der Waals surface area contributed by atoms with Crippen LogP contribution in [0.2, 0.25) is 0 Å². The Kier molecular flexibility index (Phi) is 5.70. The standard InChI is InChI=1S/C17H33NO/c1-3-4-5-6-7-8-9-12-17(19)13-15-10-11-16(14-17)18(15)2/h15-16,19H,3-14H2,1-2H3. The van der Waals surface area contributed by atoms with Crippen molar-refractivity contribution < 1.29 is 5.11 Å². The van der Waals surface area contributed by atoms with Crippen molar-refractivity contribution in [3.63, 3.8) is 0 Å². The van der Waals surface area contributed by atoms with Gasteiger partial charge < -0.3 is 10.0 Å². The summed E-state index contributed by atoms with van der Waals surface area (Å²) in [6, 6.07) is 1.32. The van der Waals surface area contributed by atoms with E-state index in [2.05, 4.69) is 18.9 Å². The Labute approximate surface area is 119 Å². The largest absolute Gasteiger partial charge is 0.390 e. The highest BCUT2D eigenvalue weighted by Crippen LogP contribution is 2.41. The van der Waals surface area contributed by atoms with E-state index in [1.165, 1.54) is 57.8 Å². The van der Waals surface area contributed by atoms with Gasteiger partial charge in [0.25, 0.3) is 0 Å². The average molecular weight is 267 g/mol. The van der Waals surface area contributed by atoms with E-state index in [4.69, 9.17) is 0 Å². The van der Waals surface area contributed by atoms with Gasteiger partial charge in [0.05, 0.1) is 5.60 Å². The van der Waals surface area contributed by atoms with Crippen LogP contribution in [0.1, 0.15) is 84.0 Å². The molecule has 112 valence electrons. The molecule has 2 aliphatic rings. The number of nitrogens with zero attached hydrogens (tertiary/aromatic N) is 1. The summed E-state index contributed by atoms with van der Waals surface area (Å²) in [6.45, 7) is 2.27. The number of hydrogen-bond donors (Lipinski definition) is 1. The van der Waals surface area contributed by atoms with E-state index in [-0.39, 0.29) is 5.60 Å². The van der Waals surface area contributed by atoms with Crippen molar-refractivity contribution in [1.29, 1.82) is 0 Å². The van der Waals surface area contributed by atoms with Crippen molar-refractivity contribution >= 4 is 0 Å². The molecule has 0 aromatic heterocycles. The quantitative estimate of drug-likeness (QED) is 0.669. The summed E-state index contributed by atoms with van der Waals surface area (Å²) in [4.78, 5) is 2.51. The molecular formula is C17H33NO. The molecule has 0 saturated carbocycles. The van der Waals surface area contributed by atoms with E-state index in [1.807, 2.05) is 0 Å². The molecule has 2 nitrogen and oxygen atoms in total. The van der Waals surface area contributed by atoms with E-state index in [0.29, 0.717) is 12.1 Å². The van der Waals surface area contributed by atoms with Gasteiger partial charge in [0.2, 0.25) is 0 Å². The fraction of sp³-hybridized carbons (Fsp3) is 1.00. The van der Waals surface area contributed by atoms with Crippen molar-refractivity contribution in [1.82, 2.24) is 4.90 Å². The topological polar surface area (TPSA) is 23.5 Å². The molecule has 2 heteroatoms. The lowest BCUT2D eigenvalue weighted by Gasteiger charge is -2.42. The minimum absolute atomic E-state index is 0.332. The molecule has 2 saturated heterocycles. The fourth-order valence-corrected chi connectivity index (χ4v) is 4.16. The zero-order chi connectivity index (χ0) is 13.7. The monoisotopic (exact) mass is 267 g/mol. The predicted octanol–water partition coefficient (Wildman–Crippen LogP) is 4.11. The van der Waals surface area contributed by atoms with Gasteiger partial charge >= 0.3 is 0 Å². The first-order valence-electron chi connectivity index (χ1n) is 8.59. The molecule has 0 amide bonds. The van der Waals surface area contributed by atoms with Crippen molar-refractivity contribution in [2.45, 2.75) is 102 Å². The molecule has 2 unspecified atom stereocenters. The van der Waals surface area contributed by atoms with Gasteiger partial charge in [0.1, 0.15) is 0 Å². The SMILES string of the molecule is CCCCCCCCCC1(O)CC2CCC(C1)N2C. The third kappa shape index (κ3) is 4.19. The second-order valence-electron chi connectivity index (χ2n) is 7.05. The van der Waals surface area contributed by atoms with Crippen molar-refractivity contribution in [3.8, 4) is 0 Å². The Hall–Kier alpha value is -0.0800. The number of unbranched alkanes of at least 4 members (excludes halogenated alkanes) is 6. The highest BCUT2D eigenvalue weighted by Gasteiger charge is 2.45. The fourth-order valence-electron chi connectivity index (χ4n) is 4.16. The second-order valence-corrected chi connectivity index (χ2v) is 7.05. The summed E-state index contributed by atoms with van der Waals surface area (Å²) >= 11 is 0. The molecule has 2 aliphatic heterocycles. The van der Waals surface area contributed by atoms with E-state index in [0.717, 1.165) is 19.3 Å². The first-order valence-corrected chi connectivity index (χ1v) is 8.59. The van der Waals surface area contributed by atoms with Gasteiger partial charge in [-0.15, -0.1) is 0 Å². The smallest absolute Gasteiger partial charge is 0.0677 e. The summed E-state index contributed by atoms with van der Waals surface area (Å²) in [5.41, 5.74) is -0.332. The molecule has 2 atom stereocenters. The lowest BCUT2D eigenvalue weighted by Crippen LogP contribution is -2.49. The lowest BCUT2D eigenvalue weighted by molar-refractivity contribution is -0.0514. The first-order chi connectivity index (χ1) is 9.14. The number of aliphatic hydroxyl groups is 1. The maximum atomic E-state index is 10.8. The minimum Gasteiger partial charge on any atom is -0.390 e. The summed E-state index contributed by atoms with van der Waals surface area (Å²) in [5.74, 6) is 0. The van der Waals surface area contributed by atoms with Crippen LogP contribution >= 0.6 is 0 Å². The van der Waals surface area contributed by atoms with Gasteiger partial charge in [-0.1, -0.05) is 51.9 Å². The summed E-state index contributed by atoms with van der Waals surface area (Å²) < 4.78 is 0. The van der Waals surface area contributed by atoms with Crippen LogP contribution in [0.25, 0.3) is 0 Å². The zero-order valence-corrected chi connectivity index (χ0v) is 13.0. The summed E-state index contributed by atoms with van der Waals surface area (Å²) in [6.07, 6.45) is 15.1. The summed E-state index contributed by atoms with van der Waals surface area (Å²) in [5, 5.41) is 10.8. The van der Waals surface area contributed by atoms with Gasteiger partial charge in [-0.3, -0.25) is 0 Å². The minimum atomic E-state index is -0.332. The highest BCUT2D eigenvalue weighted by atomic mass is 16.3. The Morgan fingerprint density at radius 3 is 2.05 bits per heavy atom. The van der Waals surface area contributed by atoms with Crippen molar-refractivity contribution in [2.24, 2.45) is 0 Å². The molecule has 1 N–H and O–H groups in total. The Bertz CT molecular complexity index is 252. The van der Waals surface area contributed by atoms with Gasteiger partial charge in [0, 0.05) is 12.1 Å². The number of fused-ring (bicyclic) bond motifs is 2. The van der Waals surface area contributed by atoms with Crippen LogP contribution < -0.4 is 0 Å². The normalized spacial score (nSPS) is 34.9. The van der Waals surface area contributed by atoms with Crippen LogP contribution in [0.3, 0.4) is 0 Å².